The van der Waals surface area contributed by atoms with Gasteiger partial charge >= 0.3 is 6.18 Å². The number of hydrogen-bond donors (Lipinski definition) is 3. The SMILES string of the molecule is Oc1ccc(Nc2cc(-c3ccc(-n4ccnc4)cc3)[nH]n2)c(C(F)(F)F)c1. The van der Waals surface area contributed by atoms with Crippen LogP contribution in [-0.4, -0.2) is 24.9 Å². The number of nitrogens with zero attached hydrogens (tertiary/aromatic N) is 3. The van der Waals surface area contributed by atoms with Gasteiger partial charge in [0.25, 0.3) is 0 Å². The molecule has 28 heavy (non-hydrogen) atoms. The second-order valence-electron chi connectivity index (χ2n) is 6.04. The Bertz CT molecular complexity index is 1090. The lowest BCUT2D eigenvalue weighted by molar-refractivity contribution is -0.137. The summed E-state index contributed by atoms with van der Waals surface area (Å²) >= 11 is 0. The molecule has 2 aromatic heterocycles. The van der Waals surface area contributed by atoms with E-state index in [1.165, 1.54) is 6.07 Å². The summed E-state index contributed by atoms with van der Waals surface area (Å²) in [5.41, 5.74) is 1.23. The highest BCUT2D eigenvalue weighted by Crippen LogP contribution is 2.38. The summed E-state index contributed by atoms with van der Waals surface area (Å²) in [4.78, 5) is 3.99. The average Bonchev–Trinajstić information content (AvgIpc) is 3.35. The number of rotatable bonds is 4. The molecule has 4 rings (SSSR count). The zero-order valence-electron chi connectivity index (χ0n) is 14.3. The third kappa shape index (κ3) is 3.54. The van der Waals surface area contributed by atoms with Crippen LogP contribution >= 0.6 is 0 Å². The van der Waals surface area contributed by atoms with Gasteiger partial charge in [0.2, 0.25) is 0 Å². The number of phenolic OH excluding ortho intramolecular Hbond substituents is 1. The van der Waals surface area contributed by atoms with Crippen molar-refractivity contribution >= 4 is 11.5 Å². The van der Waals surface area contributed by atoms with Gasteiger partial charge in [-0.05, 0) is 35.9 Å². The molecule has 2 heterocycles. The highest BCUT2D eigenvalue weighted by atomic mass is 19.4. The Hall–Kier alpha value is -3.75. The maximum Gasteiger partial charge on any atom is 0.418 e. The molecule has 0 fully saturated rings. The lowest BCUT2D eigenvalue weighted by atomic mass is 10.1. The number of aromatic hydroxyl groups is 1. The van der Waals surface area contributed by atoms with Gasteiger partial charge in [-0.2, -0.15) is 18.3 Å². The maximum atomic E-state index is 13.2. The van der Waals surface area contributed by atoms with Gasteiger partial charge in [-0.3, -0.25) is 5.10 Å². The topological polar surface area (TPSA) is 78.8 Å². The summed E-state index contributed by atoms with van der Waals surface area (Å²) in [7, 11) is 0. The number of alkyl halides is 3. The number of aromatic amines is 1. The molecule has 142 valence electrons. The van der Waals surface area contributed by atoms with Gasteiger partial charge in [0.1, 0.15) is 5.75 Å². The molecule has 0 aliphatic heterocycles. The Balaban J connectivity index is 1.57. The van der Waals surface area contributed by atoms with Crippen molar-refractivity contribution in [2.75, 3.05) is 5.32 Å². The van der Waals surface area contributed by atoms with Crippen molar-refractivity contribution in [3.8, 4) is 22.7 Å². The Kier molecular flexibility index (Phi) is 4.26. The van der Waals surface area contributed by atoms with Crippen molar-refractivity contribution in [3.05, 3.63) is 72.8 Å². The van der Waals surface area contributed by atoms with Crippen LogP contribution < -0.4 is 5.32 Å². The number of nitrogens with one attached hydrogen (secondary N) is 2. The molecule has 0 saturated carbocycles. The van der Waals surface area contributed by atoms with Crippen LogP contribution in [0.2, 0.25) is 0 Å². The molecule has 2 aromatic carbocycles. The minimum absolute atomic E-state index is 0.196. The number of hydrogen-bond acceptors (Lipinski definition) is 4. The van der Waals surface area contributed by atoms with E-state index < -0.39 is 17.5 Å². The van der Waals surface area contributed by atoms with Crippen molar-refractivity contribution < 1.29 is 18.3 Å². The molecule has 0 atom stereocenters. The third-order valence-corrected chi connectivity index (χ3v) is 4.13. The van der Waals surface area contributed by atoms with Gasteiger partial charge in [-0.1, -0.05) is 12.1 Å². The van der Waals surface area contributed by atoms with Gasteiger partial charge in [-0.25, -0.2) is 4.98 Å². The zero-order valence-corrected chi connectivity index (χ0v) is 14.3. The lowest BCUT2D eigenvalue weighted by Gasteiger charge is -2.13. The summed E-state index contributed by atoms with van der Waals surface area (Å²) < 4.78 is 41.4. The highest BCUT2D eigenvalue weighted by Gasteiger charge is 2.34. The average molecular weight is 385 g/mol. The van der Waals surface area contributed by atoms with Crippen LogP contribution in [0.1, 0.15) is 5.56 Å². The van der Waals surface area contributed by atoms with Gasteiger partial charge in [0.15, 0.2) is 5.82 Å². The number of H-pyrrole nitrogens is 1. The van der Waals surface area contributed by atoms with E-state index in [9.17, 15) is 18.3 Å². The molecule has 3 N–H and O–H groups in total. The summed E-state index contributed by atoms with van der Waals surface area (Å²) in [5, 5.41) is 18.8. The van der Waals surface area contributed by atoms with E-state index in [4.69, 9.17) is 0 Å². The number of aromatic nitrogens is 4. The van der Waals surface area contributed by atoms with Crippen LogP contribution in [0.5, 0.6) is 5.75 Å². The van der Waals surface area contributed by atoms with Crippen molar-refractivity contribution in [1.82, 2.24) is 19.7 Å². The van der Waals surface area contributed by atoms with Crippen LogP contribution in [0.4, 0.5) is 24.7 Å². The number of halogens is 3. The highest BCUT2D eigenvalue weighted by molar-refractivity contribution is 5.68. The van der Waals surface area contributed by atoms with Gasteiger partial charge in [-0.15, -0.1) is 0 Å². The summed E-state index contributed by atoms with van der Waals surface area (Å²) in [5.74, 6) is -0.233. The summed E-state index contributed by atoms with van der Waals surface area (Å²) in [6.07, 6.45) is 0.578. The van der Waals surface area contributed by atoms with Crippen LogP contribution in [-0.2, 0) is 6.18 Å². The first-order valence-corrected chi connectivity index (χ1v) is 8.21. The van der Waals surface area contributed by atoms with E-state index in [2.05, 4.69) is 20.5 Å². The largest absolute Gasteiger partial charge is 0.508 e. The molecular weight excluding hydrogens is 371 g/mol. The van der Waals surface area contributed by atoms with E-state index >= 15 is 0 Å². The smallest absolute Gasteiger partial charge is 0.418 e. The van der Waals surface area contributed by atoms with Gasteiger partial charge in [0.05, 0.1) is 23.3 Å². The fourth-order valence-electron chi connectivity index (χ4n) is 2.77. The van der Waals surface area contributed by atoms with E-state index in [1.54, 1.807) is 18.6 Å². The standard InChI is InChI=1S/C19H14F3N5O/c20-19(21,22)15-9-14(28)5-6-16(15)24-18-10-17(25-26-18)12-1-3-13(4-2-12)27-8-7-23-11-27/h1-11,28H,(H2,24,25,26). The fourth-order valence-corrected chi connectivity index (χ4v) is 2.77. The number of imidazole rings is 1. The first kappa shape index (κ1) is 17.7. The van der Waals surface area contributed by atoms with Crippen molar-refractivity contribution in [3.63, 3.8) is 0 Å². The molecule has 4 aromatic rings. The predicted molar refractivity (Wildman–Crippen MR) is 97.5 cm³/mol. The Morgan fingerprint density at radius 2 is 1.82 bits per heavy atom. The second-order valence-corrected chi connectivity index (χ2v) is 6.04. The van der Waals surface area contributed by atoms with Crippen molar-refractivity contribution in [2.24, 2.45) is 0 Å². The fraction of sp³-hybridized carbons (Fsp3) is 0.0526. The third-order valence-electron chi connectivity index (χ3n) is 4.13. The lowest BCUT2D eigenvalue weighted by Crippen LogP contribution is -2.08. The van der Waals surface area contributed by atoms with E-state index in [0.29, 0.717) is 11.8 Å². The van der Waals surface area contributed by atoms with Crippen LogP contribution in [0.15, 0.2) is 67.3 Å². The monoisotopic (exact) mass is 385 g/mol. The van der Waals surface area contributed by atoms with E-state index in [1.807, 2.05) is 35.0 Å². The molecule has 0 amide bonds. The number of anilines is 2. The quantitative estimate of drug-likeness (QED) is 0.444. The minimum Gasteiger partial charge on any atom is -0.508 e. The molecule has 0 bridgehead atoms. The molecule has 0 unspecified atom stereocenters. The first-order chi connectivity index (χ1) is 13.4. The van der Waals surface area contributed by atoms with Crippen LogP contribution in [0, 0.1) is 0 Å². The maximum absolute atomic E-state index is 13.2. The number of benzene rings is 2. The Morgan fingerprint density at radius 1 is 1.04 bits per heavy atom. The second kappa shape index (κ2) is 6.76. The summed E-state index contributed by atoms with van der Waals surface area (Å²) in [6, 6.07) is 12.2. The first-order valence-electron chi connectivity index (χ1n) is 8.21. The van der Waals surface area contributed by atoms with E-state index in [-0.39, 0.29) is 11.5 Å². The van der Waals surface area contributed by atoms with Crippen LogP contribution in [0.25, 0.3) is 16.9 Å². The van der Waals surface area contributed by atoms with Gasteiger partial charge < -0.3 is 15.0 Å². The molecule has 0 aliphatic carbocycles. The number of phenols is 1. The van der Waals surface area contributed by atoms with Crippen molar-refractivity contribution in [2.45, 2.75) is 6.18 Å². The Morgan fingerprint density at radius 3 is 2.50 bits per heavy atom. The normalized spacial score (nSPS) is 11.5. The minimum atomic E-state index is -4.61. The summed E-state index contributed by atoms with van der Waals surface area (Å²) in [6.45, 7) is 0. The molecule has 0 radical (unpaired) electrons. The molecular formula is C19H14F3N5O. The molecule has 0 saturated heterocycles. The molecule has 9 heteroatoms. The molecule has 0 spiro atoms. The van der Waals surface area contributed by atoms with Crippen molar-refractivity contribution in [1.29, 1.82) is 0 Å². The predicted octanol–water partition coefficient (Wildman–Crippen LogP) is 4.73. The van der Waals surface area contributed by atoms with Gasteiger partial charge in [0, 0.05) is 24.1 Å². The zero-order chi connectivity index (χ0) is 19.7. The molecule has 0 aliphatic rings. The van der Waals surface area contributed by atoms with E-state index in [0.717, 1.165) is 17.3 Å². The van der Waals surface area contributed by atoms with Crippen LogP contribution in [0.3, 0.4) is 0 Å². The Labute approximate surface area is 157 Å². The molecule has 6 nitrogen and oxygen atoms in total.